The number of amides is 5. The van der Waals surface area contributed by atoms with Gasteiger partial charge in [0, 0.05) is 34.1 Å². The van der Waals surface area contributed by atoms with Gasteiger partial charge in [-0.05, 0) is 51.4 Å². The van der Waals surface area contributed by atoms with E-state index in [0.29, 0.717) is 19.5 Å². The fraction of sp³-hybridized carbons (Fsp3) is 0.808. The highest BCUT2D eigenvalue weighted by molar-refractivity contribution is 5.95. The fourth-order valence-electron chi connectivity index (χ4n) is 4.24. The molecule has 0 saturated carbocycles. The highest BCUT2D eigenvalue weighted by atomic mass is 16.2. The van der Waals surface area contributed by atoms with Crippen LogP contribution in [0.3, 0.4) is 0 Å². The molecule has 1 heterocycles. The topological polar surface area (TPSA) is 119 Å². The van der Waals surface area contributed by atoms with Gasteiger partial charge in [-0.25, -0.2) is 0 Å². The molecular formula is C26H47N5O5. The molecule has 1 aliphatic rings. The van der Waals surface area contributed by atoms with Crippen molar-refractivity contribution in [2.24, 2.45) is 11.8 Å². The van der Waals surface area contributed by atoms with Gasteiger partial charge in [-0.3, -0.25) is 24.0 Å². The second-order valence-corrected chi connectivity index (χ2v) is 10.7. The van der Waals surface area contributed by atoms with Crippen molar-refractivity contribution in [2.45, 2.75) is 98.3 Å². The van der Waals surface area contributed by atoms with Crippen molar-refractivity contribution in [1.82, 2.24) is 25.3 Å². The zero-order valence-corrected chi connectivity index (χ0v) is 23.6. The van der Waals surface area contributed by atoms with E-state index in [1.165, 1.54) is 23.8 Å². The second kappa shape index (κ2) is 14.2. The summed E-state index contributed by atoms with van der Waals surface area (Å²) < 4.78 is 0. The molecule has 1 aliphatic heterocycles. The van der Waals surface area contributed by atoms with Gasteiger partial charge in [-0.1, -0.05) is 27.7 Å². The Balaban J connectivity index is 2.89. The van der Waals surface area contributed by atoms with E-state index in [1.54, 1.807) is 25.8 Å². The van der Waals surface area contributed by atoms with Crippen molar-refractivity contribution in [2.75, 3.05) is 27.2 Å². The lowest BCUT2D eigenvalue weighted by molar-refractivity contribution is -0.145. The molecule has 4 atom stereocenters. The third-order valence-electron chi connectivity index (χ3n) is 6.90. The molecule has 0 spiro atoms. The first-order chi connectivity index (χ1) is 16.7. The molecule has 0 aliphatic carbocycles. The number of hydrogen-bond acceptors (Lipinski definition) is 5. The Morgan fingerprint density at radius 3 is 1.83 bits per heavy atom. The number of nitrogens with one attached hydrogen (secondary N) is 2. The number of likely N-dealkylation sites (tertiary alicyclic amines) is 1. The van der Waals surface area contributed by atoms with Crippen LogP contribution in [0, 0.1) is 11.8 Å². The Bertz CT molecular complexity index is 794. The van der Waals surface area contributed by atoms with Crippen LogP contribution < -0.4 is 10.6 Å². The van der Waals surface area contributed by atoms with Gasteiger partial charge in [-0.15, -0.1) is 0 Å². The largest absolute Gasteiger partial charge is 0.343 e. The van der Waals surface area contributed by atoms with E-state index in [-0.39, 0.29) is 23.7 Å². The van der Waals surface area contributed by atoms with Gasteiger partial charge in [-0.2, -0.15) is 0 Å². The van der Waals surface area contributed by atoms with Gasteiger partial charge < -0.3 is 25.3 Å². The van der Waals surface area contributed by atoms with Crippen molar-refractivity contribution >= 4 is 29.5 Å². The monoisotopic (exact) mass is 509 g/mol. The van der Waals surface area contributed by atoms with Crippen molar-refractivity contribution in [3.8, 4) is 0 Å². The van der Waals surface area contributed by atoms with Crippen LogP contribution in [0.4, 0.5) is 0 Å². The van der Waals surface area contributed by atoms with E-state index in [9.17, 15) is 24.0 Å². The summed E-state index contributed by atoms with van der Waals surface area (Å²) in [5, 5.41) is 5.55. The van der Waals surface area contributed by atoms with E-state index in [4.69, 9.17) is 0 Å². The molecule has 1 saturated heterocycles. The van der Waals surface area contributed by atoms with E-state index in [0.717, 1.165) is 19.3 Å². The Kier molecular flexibility index (Phi) is 12.4. The lowest BCUT2D eigenvalue weighted by atomic mass is 9.98. The number of hydrogen-bond donors (Lipinski definition) is 2. The van der Waals surface area contributed by atoms with Crippen LogP contribution in [-0.2, 0) is 24.0 Å². The molecule has 0 bridgehead atoms. The lowest BCUT2D eigenvalue weighted by Gasteiger charge is -2.34. The minimum atomic E-state index is -0.875. The second-order valence-electron chi connectivity index (χ2n) is 10.7. The van der Waals surface area contributed by atoms with Crippen molar-refractivity contribution < 1.29 is 24.0 Å². The summed E-state index contributed by atoms with van der Waals surface area (Å²) in [6, 6.07) is -3.12. The van der Waals surface area contributed by atoms with Crippen LogP contribution in [-0.4, -0.2) is 95.6 Å². The zero-order chi connectivity index (χ0) is 27.7. The van der Waals surface area contributed by atoms with E-state index in [1.807, 2.05) is 27.7 Å². The molecule has 0 aromatic heterocycles. The fourth-order valence-corrected chi connectivity index (χ4v) is 4.24. The van der Waals surface area contributed by atoms with E-state index in [2.05, 4.69) is 10.6 Å². The minimum Gasteiger partial charge on any atom is -0.343 e. The molecule has 0 radical (unpaired) electrons. The smallest absolute Gasteiger partial charge is 0.245 e. The molecule has 1 rings (SSSR count). The lowest BCUT2D eigenvalue weighted by Crippen LogP contribution is -2.59. The maximum absolute atomic E-state index is 13.4. The van der Waals surface area contributed by atoms with Crippen molar-refractivity contribution in [3.05, 3.63) is 0 Å². The molecule has 1 unspecified atom stereocenters. The average Bonchev–Trinajstić information content (AvgIpc) is 2.83. The molecule has 0 aromatic carbocycles. The summed E-state index contributed by atoms with van der Waals surface area (Å²) in [5.74, 6) is -1.70. The van der Waals surface area contributed by atoms with Gasteiger partial charge >= 0.3 is 0 Å². The van der Waals surface area contributed by atoms with Crippen LogP contribution in [0.25, 0.3) is 0 Å². The van der Waals surface area contributed by atoms with Crippen LogP contribution in [0.15, 0.2) is 0 Å². The normalized spacial score (nSPS) is 17.1. The maximum atomic E-state index is 13.4. The third-order valence-corrected chi connectivity index (χ3v) is 6.90. The van der Waals surface area contributed by atoms with Gasteiger partial charge in [0.05, 0.1) is 0 Å². The predicted octanol–water partition coefficient (Wildman–Crippen LogP) is 1.38. The third kappa shape index (κ3) is 8.78. The number of likely N-dealkylation sites (N-methyl/N-ethyl adjacent to an activating group) is 2. The van der Waals surface area contributed by atoms with E-state index < -0.39 is 41.9 Å². The quantitative estimate of drug-likeness (QED) is 0.436. The zero-order valence-electron chi connectivity index (χ0n) is 23.6. The number of nitrogens with zero attached hydrogens (tertiary/aromatic N) is 3. The summed E-state index contributed by atoms with van der Waals surface area (Å²) in [6.07, 6.45) is 3.48. The first kappa shape index (κ1) is 31.4. The Hall–Kier alpha value is -2.65. The number of rotatable bonds is 11. The molecule has 5 amide bonds. The summed E-state index contributed by atoms with van der Waals surface area (Å²) in [5.41, 5.74) is 0. The van der Waals surface area contributed by atoms with Crippen LogP contribution in [0.2, 0.25) is 0 Å². The number of carbonyl (C=O) groups excluding carboxylic acids is 5. The minimum absolute atomic E-state index is 0.123. The van der Waals surface area contributed by atoms with Gasteiger partial charge in [0.2, 0.25) is 29.5 Å². The SMILES string of the molecule is CC(=O)N(C)[C@@H](CC(C)C)C(=O)N[C@H](C(=O)N(C)C(C)C(=O)N[C@@H](C)C(=O)N1CCCCC1)C(C)C. The van der Waals surface area contributed by atoms with Crippen LogP contribution >= 0.6 is 0 Å². The van der Waals surface area contributed by atoms with E-state index >= 15 is 0 Å². The summed E-state index contributed by atoms with van der Waals surface area (Å²) in [7, 11) is 3.09. The highest BCUT2D eigenvalue weighted by Gasteiger charge is 2.35. The molecule has 36 heavy (non-hydrogen) atoms. The molecule has 1 fully saturated rings. The maximum Gasteiger partial charge on any atom is 0.245 e. The standard InChI is InChI=1S/C26H47N5O5/c1-16(2)15-21(30(9)20(7)32)24(34)28-22(17(3)4)26(36)29(8)19(6)23(33)27-18(5)25(35)31-13-11-10-12-14-31/h16-19,21-22H,10-15H2,1-9H3,(H,27,33)(H,28,34)/t18-,19?,21-,22-/m0/s1. The van der Waals surface area contributed by atoms with Crippen LogP contribution in [0.1, 0.15) is 74.1 Å². The molecule has 2 N–H and O–H groups in total. The first-order valence-corrected chi connectivity index (χ1v) is 13.1. The van der Waals surface area contributed by atoms with Gasteiger partial charge in [0.1, 0.15) is 24.2 Å². The Morgan fingerprint density at radius 2 is 1.36 bits per heavy atom. The first-order valence-electron chi connectivity index (χ1n) is 13.1. The van der Waals surface area contributed by atoms with Crippen molar-refractivity contribution in [3.63, 3.8) is 0 Å². The predicted molar refractivity (Wildman–Crippen MR) is 139 cm³/mol. The van der Waals surface area contributed by atoms with Gasteiger partial charge in [0.25, 0.3) is 0 Å². The average molecular weight is 510 g/mol. The van der Waals surface area contributed by atoms with Crippen molar-refractivity contribution in [1.29, 1.82) is 0 Å². The summed E-state index contributed by atoms with van der Waals surface area (Å²) in [4.78, 5) is 68.4. The van der Waals surface area contributed by atoms with Crippen LogP contribution in [0.5, 0.6) is 0 Å². The molecule has 206 valence electrons. The Labute approximate surface area is 216 Å². The summed E-state index contributed by atoms with van der Waals surface area (Å²) in [6.45, 7) is 13.6. The summed E-state index contributed by atoms with van der Waals surface area (Å²) >= 11 is 0. The number of carbonyl (C=O) groups is 5. The molecule has 10 heteroatoms. The molecular weight excluding hydrogens is 462 g/mol. The molecule has 10 nitrogen and oxygen atoms in total. The molecule has 0 aromatic rings. The van der Waals surface area contributed by atoms with Gasteiger partial charge in [0.15, 0.2) is 0 Å². The highest BCUT2D eigenvalue weighted by Crippen LogP contribution is 2.15. The number of piperidine rings is 1. The Morgan fingerprint density at radius 1 is 0.806 bits per heavy atom.